The third kappa shape index (κ3) is 4.00. The van der Waals surface area contributed by atoms with Crippen molar-refractivity contribution in [3.63, 3.8) is 0 Å². The van der Waals surface area contributed by atoms with Gasteiger partial charge in [-0.2, -0.15) is 0 Å². The fourth-order valence-electron chi connectivity index (χ4n) is 2.41. The molecule has 1 aromatic heterocycles. The molecule has 1 N–H and O–H groups in total. The second-order valence-corrected chi connectivity index (χ2v) is 5.63. The number of nitro benzene ring substituents is 1. The quantitative estimate of drug-likeness (QED) is 0.355. The normalized spacial score (nSPS) is 13.8. The molecule has 0 bridgehead atoms. The van der Waals surface area contributed by atoms with Gasteiger partial charge >= 0.3 is 5.97 Å². The number of aromatic nitrogens is 3. The molecule has 0 unspecified atom stereocenters. The van der Waals surface area contributed by atoms with Crippen LogP contribution in [0.1, 0.15) is 30.3 Å². The highest BCUT2D eigenvalue weighted by atomic mass is 16.6. The van der Waals surface area contributed by atoms with Crippen molar-refractivity contribution in [2.45, 2.75) is 25.4 Å². The zero-order valence-electron chi connectivity index (χ0n) is 13.6. The highest BCUT2D eigenvalue weighted by Gasteiger charge is 2.26. The van der Waals surface area contributed by atoms with E-state index >= 15 is 0 Å². The lowest BCUT2D eigenvalue weighted by Gasteiger charge is -2.09. The van der Waals surface area contributed by atoms with Gasteiger partial charge in [-0.1, -0.05) is 6.07 Å². The van der Waals surface area contributed by atoms with Gasteiger partial charge < -0.3 is 14.6 Å². The molecule has 1 aliphatic rings. The van der Waals surface area contributed by atoms with Crippen molar-refractivity contribution in [3.05, 3.63) is 52.1 Å². The highest BCUT2D eigenvalue weighted by molar-refractivity contribution is 5.87. The van der Waals surface area contributed by atoms with Crippen molar-refractivity contribution in [2.24, 2.45) is 0 Å². The molecule has 0 atom stereocenters. The molecular formula is C16H17N5O4. The van der Waals surface area contributed by atoms with E-state index in [4.69, 9.17) is 0 Å². The molecule has 0 radical (unpaired) electrons. The maximum atomic E-state index is 11.3. The van der Waals surface area contributed by atoms with Gasteiger partial charge in [0.2, 0.25) is 0 Å². The molecule has 0 saturated heterocycles. The first-order valence-corrected chi connectivity index (χ1v) is 7.75. The first kappa shape index (κ1) is 16.6. The third-order valence-corrected chi connectivity index (χ3v) is 3.86. The molecule has 0 spiro atoms. The SMILES string of the molecule is COC(=O)/C=C/c1ccc(NCc2nncn2C2CC2)c([N+](=O)[O-])c1. The number of nitrogens with one attached hydrogen (secondary N) is 1. The number of esters is 1. The van der Waals surface area contributed by atoms with Crippen molar-refractivity contribution in [3.8, 4) is 0 Å². The minimum Gasteiger partial charge on any atom is -0.466 e. The predicted molar refractivity (Wildman–Crippen MR) is 89.8 cm³/mol. The summed E-state index contributed by atoms with van der Waals surface area (Å²) in [5.74, 6) is 0.218. The van der Waals surface area contributed by atoms with E-state index in [-0.39, 0.29) is 5.69 Å². The molecule has 0 aliphatic heterocycles. The van der Waals surface area contributed by atoms with Gasteiger partial charge in [-0.25, -0.2) is 4.79 Å². The number of hydrogen-bond donors (Lipinski definition) is 1. The van der Waals surface area contributed by atoms with E-state index in [1.807, 2.05) is 4.57 Å². The smallest absolute Gasteiger partial charge is 0.330 e. The van der Waals surface area contributed by atoms with E-state index in [0.29, 0.717) is 23.8 Å². The lowest BCUT2D eigenvalue weighted by molar-refractivity contribution is -0.384. The number of carbonyl (C=O) groups excluding carboxylic acids is 1. The molecule has 9 heteroatoms. The minimum atomic E-state index is -0.524. The summed E-state index contributed by atoms with van der Waals surface area (Å²) in [5.41, 5.74) is 0.832. The first-order chi connectivity index (χ1) is 12.1. The Bertz CT molecular complexity index is 826. The van der Waals surface area contributed by atoms with Gasteiger partial charge in [-0.3, -0.25) is 10.1 Å². The Morgan fingerprint density at radius 1 is 1.52 bits per heavy atom. The van der Waals surface area contributed by atoms with Crippen LogP contribution >= 0.6 is 0 Å². The maximum Gasteiger partial charge on any atom is 0.330 e. The van der Waals surface area contributed by atoms with Crippen molar-refractivity contribution >= 4 is 23.4 Å². The van der Waals surface area contributed by atoms with Crippen LogP contribution in [0.2, 0.25) is 0 Å². The van der Waals surface area contributed by atoms with E-state index in [1.54, 1.807) is 18.5 Å². The molecular weight excluding hydrogens is 326 g/mol. The lowest BCUT2D eigenvalue weighted by Crippen LogP contribution is -2.08. The van der Waals surface area contributed by atoms with E-state index in [2.05, 4.69) is 20.3 Å². The summed E-state index contributed by atoms with van der Waals surface area (Å²) in [6.07, 6.45) is 6.57. The van der Waals surface area contributed by atoms with Gasteiger partial charge in [-0.15, -0.1) is 10.2 Å². The maximum absolute atomic E-state index is 11.3. The number of methoxy groups -OCH3 is 1. The van der Waals surface area contributed by atoms with Crippen LogP contribution < -0.4 is 5.32 Å². The van der Waals surface area contributed by atoms with Crippen molar-refractivity contribution in [1.82, 2.24) is 14.8 Å². The zero-order chi connectivity index (χ0) is 17.8. The highest BCUT2D eigenvalue weighted by Crippen LogP contribution is 2.35. The Hall–Kier alpha value is -3.23. The van der Waals surface area contributed by atoms with Gasteiger partial charge in [0.1, 0.15) is 12.0 Å². The Labute approximate surface area is 143 Å². The van der Waals surface area contributed by atoms with Gasteiger partial charge in [0.05, 0.1) is 18.6 Å². The Kier molecular flexibility index (Phi) is 4.73. The third-order valence-electron chi connectivity index (χ3n) is 3.86. The minimum absolute atomic E-state index is 0.0792. The molecule has 1 fully saturated rings. The summed E-state index contributed by atoms with van der Waals surface area (Å²) in [6, 6.07) is 5.12. The molecule has 2 aromatic rings. The second kappa shape index (κ2) is 7.12. The summed E-state index contributed by atoms with van der Waals surface area (Å²) in [7, 11) is 1.27. The number of carbonyl (C=O) groups is 1. The van der Waals surface area contributed by atoms with Gasteiger partial charge in [-0.05, 0) is 30.5 Å². The van der Waals surface area contributed by atoms with Crippen LogP contribution in [0.5, 0.6) is 0 Å². The summed E-state index contributed by atoms with van der Waals surface area (Å²) < 4.78 is 6.49. The number of nitrogens with zero attached hydrogens (tertiary/aromatic N) is 4. The molecule has 130 valence electrons. The van der Waals surface area contributed by atoms with E-state index in [0.717, 1.165) is 18.7 Å². The van der Waals surface area contributed by atoms with Crippen molar-refractivity contribution in [1.29, 1.82) is 0 Å². The number of anilines is 1. The van der Waals surface area contributed by atoms with Crippen molar-refractivity contribution in [2.75, 3.05) is 12.4 Å². The Balaban J connectivity index is 1.76. The fourth-order valence-corrected chi connectivity index (χ4v) is 2.41. The predicted octanol–water partition coefficient (Wildman–Crippen LogP) is 2.32. The van der Waals surface area contributed by atoms with Crippen molar-refractivity contribution < 1.29 is 14.5 Å². The average molecular weight is 343 g/mol. The number of hydrogen-bond acceptors (Lipinski definition) is 7. The number of benzene rings is 1. The molecule has 1 heterocycles. The van der Waals surface area contributed by atoms with E-state index in [1.165, 1.54) is 25.3 Å². The summed E-state index contributed by atoms with van der Waals surface area (Å²) in [6.45, 7) is 0.342. The number of ether oxygens (including phenoxy) is 1. The van der Waals surface area contributed by atoms with Crippen LogP contribution in [-0.2, 0) is 16.1 Å². The molecule has 9 nitrogen and oxygen atoms in total. The van der Waals surface area contributed by atoms with Crippen LogP contribution in [0.25, 0.3) is 6.08 Å². The van der Waals surface area contributed by atoms with Crippen LogP contribution in [0.15, 0.2) is 30.6 Å². The molecule has 1 aliphatic carbocycles. The first-order valence-electron chi connectivity index (χ1n) is 7.75. The monoisotopic (exact) mass is 343 g/mol. The lowest BCUT2D eigenvalue weighted by atomic mass is 10.1. The van der Waals surface area contributed by atoms with Crippen LogP contribution in [0.3, 0.4) is 0 Å². The van der Waals surface area contributed by atoms with E-state index < -0.39 is 10.9 Å². The van der Waals surface area contributed by atoms with Crippen LogP contribution in [0.4, 0.5) is 11.4 Å². The molecule has 1 saturated carbocycles. The average Bonchev–Trinajstić information content (AvgIpc) is 3.36. The van der Waals surface area contributed by atoms with E-state index in [9.17, 15) is 14.9 Å². The largest absolute Gasteiger partial charge is 0.466 e. The molecule has 3 rings (SSSR count). The van der Waals surface area contributed by atoms with Crippen LogP contribution in [0, 0.1) is 10.1 Å². The second-order valence-electron chi connectivity index (χ2n) is 5.63. The summed E-state index contributed by atoms with van der Waals surface area (Å²) in [4.78, 5) is 22.0. The molecule has 0 amide bonds. The summed E-state index contributed by atoms with van der Waals surface area (Å²) in [5, 5.41) is 22.3. The Morgan fingerprint density at radius 3 is 3.00 bits per heavy atom. The Morgan fingerprint density at radius 2 is 2.32 bits per heavy atom. The number of rotatable bonds is 7. The number of nitro groups is 1. The zero-order valence-corrected chi connectivity index (χ0v) is 13.6. The van der Waals surface area contributed by atoms with Gasteiger partial charge in [0, 0.05) is 18.2 Å². The topological polar surface area (TPSA) is 112 Å². The molecule has 25 heavy (non-hydrogen) atoms. The standard InChI is InChI=1S/C16H17N5O4/c1-25-16(22)7-3-11-2-6-13(14(8-11)21(23)24)17-9-15-19-18-10-20(15)12-4-5-12/h2-3,6-8,10,12,17H,4-5,9H2,1H3/b7-3+. The molecule has 1 aromatic carbocycles. The fraction of sp³-hybridized carbons (Fsp3) is 0.312. The van der Waals surface area contributed by atoms with Gasteiger partial charge in [0.25, 0.3) is 5.69 Å². The summed E-state index contributed by atoms with van der Waals surface area (Å²) >= 11 is 0. The van der Waals surface area contributed by atoms with Gasteiger partial charge in [0.15, 0.2) is 5.82 Å². The van der Waals surface area contributed by atoms with Crippen LogP contribution in [-0.4, -0.2) is 32.8 Å².